The molecule has 0 spiro atoms. The van der Waals surface area contributed by atoms with E-state index in [-0.39, 0.29) is 23.6 Å². The molecule has 0 saturated carbocycles. The van der Waals surface area contributed by atoms with Gasteiger partial charge in [-0.15, -0.1) is 0 Å². The molecule has 32 heavy (non-hydrogen) atoms. The van der Waals surface area contributed by atoms with E-state index in [1.807, 2.05) is 24.3 Å². The Balaban J connectivity index is 1.50. The molecule has 8 heteroatoms. The fourth-order valence-corrected chi connectivity index (χ4v) is 3.52. The van der Waals surface area contributed by atoms with E-state index in [1.54, 1.807) is 30.3 Å². The minimum absolute atomic E-state index is 0.0670. The first-order valence-electron chi connectivity index (χ1n) is 9.53. The van der Waals surface area contributed by atoms with Gasteiger partial charge in [0.2, 0.25) is 11.8 Å². The highest BCUT2D eigenvalue weighted by atomic mass is 79.9. The van der Waals surface area contributed by atoms with Gasteiger partial charge >= 0.3 is 5.97 Å². The maximum Gasteiger partial charge on any atom is 0.307 e. The third kappa shape index (κ3) is 5.09. The summed E-state index contributed by atoms with van der Waals surface area (Å²) in [6.45, 7) is 0. The van der Waals surface area contributed by atoms with Crippen LogP contribution in [0.3, 0.4) is 0 Å². The van der Waals surface area contributed by atoms with Crippen LogP contribution in [0.4, 0.5) is 10.1 Å². The lowest BCUT2D eigenvalue weighted by molar-refractivity contribution is -0.136. The Bertz CT molecular complexity index is 1360. The molecular weight excluding hydrogens is 479 g/mol. The molecule has 0 bridgehead atoms. The molecule has 2 N–H and O–H groups in total. The number of benzene rings is 3. The van der Waals surface area contributed by atoms with Crippen molar-refractivity contribution in [1.82, 2.24) is 4.98 Å². The summed E-state index contributed by atoms with van der Waals surface area (Å²) in [5.41, 5.74) is 2.69. The summed E-state index contributed by atoms with van der Waals surface area (Å²) in [5.74, 6) is -1.90. The van der Waals surface area contributed by atoms with Crippen molar-refractivity contribution in [3.8, 4) is 11.5 Å². The number of hydrogen-bond donors (Lipinski definition) is 2. The second-order valence-corrected chi connectivity index (χ2v) is 7.88. The third-order valence-electron chi connectivity index (χ3n) is 4.55. The molecule has 0 unspecified atom stereocenters. The topological polar surface area (TPSA) is 92.4 Å². The summed E-state index contributed by atoms with van der Waals surface area (Å²) in [6, 6.07) is 16.5. The first-order chi connectivity index (χ1) is 15.4. The van der Waals surface area contributed by atoms with Crippen LogP contribution in [0.2, 0.25) is 0 Å². The van der Waals surface area contributed by atoms with Crippen molar-refractivity contribution in [2.75, 3.05) is 5.32 Å². The van der Waals surface area contributed by atoms with Crippen molar-refractivity contribution >= 4 is 50.7 Å². The lowest BCUT2D eigenvalue weighted by Gasteiger charge is -2.04. The van der Waals surface area contributed by atoms with Gasteiger partial charge in [-0.1, -0.05) is 34.1 Å². The number of aromatic nitrogens is 1. The standard InChI is InChI=1S/C24H16BrFN2O4/c25-16-3-1-2-14(10-16)5-9-22(29)27-17-6-7-18(19(26)13-17)24-28-20-11-15(12-23(30)31)4-8-21(20)32-24/h1-11,13H,12H2,(H,27,29)(H,30,31). The highest BCUT2D eigenvalue weighted by Crippen LogP contribution is 2.28. The zero-order valence-electron chi connectivity index (χ0n) is 16.5. The van der Waals surface area contributed by atoms with Crippen molar-refractivity contribution in [1.29, 1.82) is 0 Å². The van der Waals surface area contributed by atoms with Crippen LogP contribution in [-0.4, -0.2) is 22.0 Å². The molecule has 0 saturated heterocycles. The van der Waals surface area contributed by atoms with Crippen molar-refractivity contribution in [2.24, 2.45) is 0 Å². The summed E-state index contributed by atoms with van der Waals surface area (Å²) in [6.07, 6.45) is 2.88. The summed E-state index contributed by atoms with van der Waals surface area (Å²) in [7, 11) is 0. The molecule has 1 aromatic heterocycles. The Labute approximate surface area is 190 Å². The third-order valence-corrected chi connectivity index (χ3v) is 5.04. The summed E-state index contributed by atoms with van der Waals surface area (Å²) < 4.78 is 21.2. The molecule has 1 amide bonds. The summed E-state index contributed by atoms with van der Waals surface area (Å²) in [5, 5.41) is 11.5. The number of carboxylic acids is 1. The molecule has 0 fully saturated rings. The number of carbonyl (C=O) groups is 2. The predicted molar refractivity (Wildman–Crippen MR) is 123 cm³/mol. The molecule has 0 aliphatic rings. The van der Waals surface area contributed by atoms with Crippen LogP contribution < -0.4 is 5.32 Å². The minimum Gasteiger partial charge on any atom is -0.481 e. The second kappa shape index (κ2) is 9.15. The van der Waals surface area contributed by atoms with Crippen LogP contribution in [0.25, 0.3) is 28.6 Å². The van der Waals surface area contributed by atoms with Crippen LogP contribution in [-0.2, 0) is 16.0 Å². The normalized spacial score (nSPS) is 11.2. The first kappa shape index (κ1) is 21.5. The van der Waals surface area contributed by atoms with Crippen LogP contribution in [0, 0.1) is 5.82 Å². The predicted octanol–water partition coefficient (Wildman–Crippen LogP) is 5.68. The Morgan fingerprint density at radius 1 is 1.12 bits per heavy atom. The number of aliphatic carboxylic acids is 1. The zero-order chi connectivity index (χ0) is 22.7. The summed E-state index contributed by atoms with van der Waals surface area (Å²) in [4.78, 5) is 27.3. The molecule has 0 atom stereocenters. The molecule has 3 aromatic carbocycles. The van der Waals surface area contributed by atoms with Crippen LogP contribution in [0.5, 0.6) is 0 Å². The van der Waals surface area contributed by atoms with Crippen LogP contribution in [0.1, 0.15) is 11.1 Å². The van der Waals surface area contributed by atoms with E-state index >= 15 is 0 Å². The molecule has 4 aromatic rings. The van der Waals surface area contributed by atoms with Gasteiger partial charge in [-0.25, -0.2) is 9.37 Å². The van der Waals surface area contributed by atoms with Gasteiger partial charge in [0, 0.05) is 16.2 Å². The number of carbonyl (C=O) groups excluding carboxylic acids is 1. The van der Waals surface area contributed by atoms with Gasteiger partial charge in [0.05, 0.1) is 12.0 Å². The highest BCUT2D eigenvalue weighted by molar-refractivity contribution is 9.10. The van der Waals surface area contributed by atoms with Crippen LogP contribution >= 0.6 is 15.9 Å². The molecule has 6 nitrogen and oxygen atoms in total. The van der Waals surface area contributed by atoms with Gasteiger partial charge in [-0.3, -0.25) is 9.59 Å². The van der Waals surface area contributed by atoms with Crippen molar-refractivity contribution < 1.29 is 23.5 Å². The first-order valence-corrected chi connectivity index (χ1v) is 10.3. The zero-order valence-corrected chi connectivity index (χ0v) is 18.1. The largest absolute Gasteiger partial charge is 0.481 e. The molecule has 1 heterocycles. The minimum atomic E-state index is -0.955. The number of amides is 1. The van der Waals surface area contributed by atoms with E-state index in [9.17, 15) is 14.0 Å². The van der Waals surface area contributed by atoms with Gasteiger partial charge in [0.1, 0.15) is 11.3 Å². The van der Waals surface area contributed by atoms with E-state index < -0.39 is 17.7 Å². The van der Waals surface area contributed by atoms with Crippen molar-refractivity contribution in [2.45, 2.75) is 6.42 Å². The number of anilines is 1. The fraction of sp³-hybridized carbons (Fsp3) is 0.0417. The van der Waals surface area contributed by atoms with Crippen molar-refractivity contribution in [3.63, 3.8) is 0 Å². The van der Waals surface area contributed by atoms with Gasteiger partial charge in [0.25, 0.3) is 0 Å². The van der Waals surface area contributed by atoms with E-state index in [2.05, 4.69) is 26.2 Å². The number of fused-ring (bicyclic) bond motifs is 1. The molecular formula is C24H16BrFN2O4. The maximum absolute atomic E-state index is 14.7. The average Bonchev–Trinajstić information content (AvgIpc) is 3.15. The Kier molecular flexibility index (Phi) is 6.13. The quantitative estimate of drug-likeness (QED) is 0.336. The number of oxazole rings is 1. The maximum atomic E-state index is 14.7. The van der Waals surface area contributed by atoms with Gasteiger partial charge < -0.3 is 14.8 Å². The molecule has 160 valence electrons. The Morgan fingerprint density at radius 3 is 2.72 bits per heavy atom. The molecule has 4 rings (SSSR count). The lowest BCUT2D eigenvalue weighted by Crippen LogP contribution is -2.08. The van der Waals surface area contributed by atoms with E-state index in [1.165, 1.54) is 18.2 Å². The average molecular weight is 495 g/mol. The Morgan fingerprint density at radius 2 is 1.97 bits per heavy atom. The number of halogens is 2. The van der Waals surface area contributed by atoms with Crippen LogP contribution in [0.15, 0.2) is 75.6 Å². The van der Waals surface area contributed by atoms with E-state index in [0.717, 1.165) is 10.0 Å². The number of nitrogens with zero attached hydrogens (tertiary/aromatic N) is 1. The van der Waals surface area contributed by atoms with Crippen molar-refractivity contribution in [3.05, 3.63) is 88.2 Å². The number of hydrogen-bond acceptors (Lipinski definition) is 4. The lowest BCUT2D eigenvalue weighted by atomic mass is 10.1. The monoisotopic (exact) mass is 494 g/mol. The molecule has 0 aliphatic heterocycles. The Hall–Kier alpha value is -3.78. The van der Waals surface area contributed by atoms with Gasteiger partial charge in [0.15, 0.2) is 5.58 Å². The highest BCUT2D eigenvalue weighted by Gasteiger charge is 2.14. The van der Waals surface area contributed by atoms with E-state index in [0.29, 0.717) is 16.7 Å². The molecule has 0 radical (unpaired) electrons. The SMILES string of the molecule is O=C(O)Cc1ccc2oc(-c3ccc(NC(=O)C=Cc4cccc(Br)c4)cc3F)nc2c1. The smallest absolute Gasteiger partial charge is 0.307 e. The van der Waals surface area contributed by atoms with Gasteiger partial charge in [-0.05, 0) is 59.7 Å². The molecule has 0 aliphatic carbocycles. The fourth-order valence-electron chi connectivity index (χ4n) is 3.11. The number of nitrogens with one attached hydrogen (secondary N) is 1. The van der Waals surface area contributed by atoms with Gasteiger partial charge in [-0.2, -0.15) is 0 Å². The van der Waals surface area contributed by atoms with E-state index in [4.69, 9.17) is 9.52 Å². The number of rotatable bonds is 6. The second-order valence-electron chi connectivity index (χ2n) is 6.96. The summed E-state index contributed by atoms with van der Waals surface area (Å²) >= 11 is 3.37. The number of carboxylic acid groups (broad SMARTS) is 1.